The maximum Gasteiger partial charge on any atom is 0.244 e. The van der Waals surface area contributed by atoms with E-state index in [1.165, 1.54) is 6.08 Å². The van der Waals surface area contributed by atoms with E-state index < -0.39 is 0 Å². The van der Waals surface area contributed by atoms with Gasteiger partial charge in [-0.05, 0) is 35.9 Å². The Kier molecular flexibility index (Phi) is 4.10. The van der Waals surface area contributed by atoms with Gasteiger partial charge >= 0.3 is 0 Å². The van der Waals surface area contributed by atoms with E-state index in [4.69, 9.17) is 8.94 Å². The van der Waals surface area contributed by atoms with E-state index >= 15 is 0 Å². The molecule has 0 radical (unpaired) electrons. The molecule has 6 nitrogen and oxygen atoms in total. The average Bonchev–Trinajstić information content (AvgIpc) is 3.22. The molecule has 0 fully saturated rings. The quantitative estimate of drug-likeness (QED) is 0.732. The first-order chi connectivity index (χ1) is 10.8. The highest BCUT2D eigenvalue weighted by atomic mass is 16.5. The molecule has 1 N–H and O–H groups in total. The third-order valence-electron chi connectivity index (χ3n) is 2.90. The molecule has 3 aromatic rings. The predicted octanol–water partition coefficient (Wildman–Crippen LogP) is 2.66. The molecule has 110 valence electrons. The van der Waals surface area contributed by atoms with Crippen molar-refractivity contribution in [2.75, 3.05) is 0 Å². The van der Waals surface area contributed by atoms with E-state index in [9.17, 15) is 4.79 Å². The van der Waals surface area contributed by atoms with Gasteiger partial charge < -0.3 is 14.3 Å². The van der Waals surface area contributed by atoms with Gasteiger partial charge in [0.15, 0.2) is 5.76 Å². The van der Waals surface area contributed by atoms with Gasteiger partial charge in [0.2, 0.25) is 11.7 Å². The first kappa shape index (κ1) is 13.8. The zero-order valence-electron chi connectivity index (χ0n) is 11.6. The number of carbonyl (C=O) groups excluding carboxylic acids is 1. The normalized spacial score (nSPS) is 10.9. The van der Waals surface area contributed by atoms with Gasteiger partial charge in [0.05, 0.1) is 12.8 Å². The standard InChI is InChI=1S/C16H13N3O3/c20-16(4-3-12-5-7-17-8-6-12)18-11-13-10-15(22-19-13)14-2-1-9-21-14/h1-10H,11H2,(H,18,20)/b4-3+. The van der Waals surface area contributed by atoms with E-state index in [1.807, 2.05) is 12.1 Å². The molecule has 0 aliphatic heterocycles. The van der Waals surface area contributed by atoms with Crippen LogP contribution < -0.4 is 5.32 Å². The molecule has 22 heavy (non-hydrogen) atoms. The molecule has 0 spiro atoms. The Labute approximate surface area is 126 Å². The summed E-state index contributed by atoms with van der Waals surface area (Å²) in [5, 5.41) is 6.61. The van der Waals surface area contributed by atoms with Gasteiger partial charge in [-0.2, -0.15) is 0 Å². The molecular formula is C16H13N3O3. The van der Waals surface area contributed by atoms with Crippen molar-refractivity contribution in [1.82, 2.24) is 15.5 Å². The van der Waals surface area contributed by atoms with Gasteiger partial charge in [-0.15, -0.1) is 0 Å². The van der Waals surface area contributed by atoms with Gasteiger partial charge in [0.1, 0.15) is 5.69 Å². The number of nitrogens with zero attached hydrogens (tertiary/aromatic N) is 2. The number of rotatable bonds is 5. The third kappa shape index (κ3) is 3.49. The lowest BCUT2D eigenvalue weighted by Gasteiger charge is -1.97. The summed E-state index contributed by atoms with van der Waals surface area (Å²) in [7, 11) is 0. The van der Waals surface area contributed by atoms with Crippen LogP contribution >= 0.6 is 0 Å². The van der Waals surface area contributed by atoms with Crippen LogP contribution in [0.15, 0.2) is 64.0 Å². The SMILES string of the molecule is O=C(/C=C/c1ccncc1)NCc1cc(-c2ccco2)on1. The van der Waals surface area contributed by atoms with Crippen LogP contribution in [0.2, 0.25) is 0 Å². The molecule has 0 saturated heterocycles. The monoisotopic (exact) mass is 295 g/mol. The Morgan fingerprint density at radius 2 is 2.09 bits per heavy atom. The largest absolute Gasteiger partial charge is 0.461 e. The van der Waals surface area contributed by atoms with E-state index in [0.29, 0.717) is 17.2 Å². The fourth-order valence-corrected chi connectivity index (χ4v) is 1.81. The van der Waals surface area contributed by atoms with Crippen molar-refractivity contribution in [2.24, 2.45) is 0 Å². The Morgan fingerprint density at radius 3 is 2.86 bits per heavy atom. The van der Waals surface area contributed by atoms with Crippen molar-refractivity contribution in [3.8, 4) is 11.5 Å². The molecule has 3 rings (SSSR count). The van der Waals surface area contributed by atoms with Gasteiger partial charge in [-0.25, -0.2) is 0 Å². The van der Waals surface area contributed by atoms with E-state index in [-0.39, 0.29) is 12.5 Å². The number of nitrogens with one attached hydrogen (secondary N) is 1. The van der Waals surface area contributed by atoms with Crippen molar-refractivity contribution in [3.63, 3.8) is 0 Å². The van der Waals surface area contributed by atoms with Crippen molar-refractivity contribution < 1.29 is 13.7 Å². The second-order valence-corrected chi connectivity index (χ2v) is 4.49. The molecule has 3 heterocycles. The summed E-state index contributed by atoms with van der Waals surface area (Å²) in [6, 6.07) is 8.91. The Hall–Kier alpha value is -3.15. The van der Waals surface area contributed by atoms with Crippen LogP contribution in [0.4, 0.5) is 0 Å². The summed E-state index contributed by atoms with van der Waals surface area (Å²) < 4.78 is 10.4. The summed E-state index contributed by atoms with van der Waals surface area (Å²) >= 11 is 0. The first-order valence-electron chi connectivity index (χ1n) is 6.67. The maximum atomic E-state index is 11.7. The fourth-order valence-electron chi connectivity index (χ4n) is 1.81. The van der Waals surface area contributed by atoms with Gasteiger partial charge in [0.25, 0.3) is 0 Å². The summed E-state index contributed by atoms with van der Waals surface area (Å²) in [6.07, 6.45) is 8.08. The molecular weight excluding hydrogens is 282 g/mol. The van der Waals surface area contributed by atoms with E-state index in [2.05, 4.69) is 15.5 Å². The second-order valence-electron chi connectivity index (χ2n) is 4.49. The minimum absolute atomic E-state index is 0.209. The Bertz CT molecular complexity index is 761. The molecule has 3 aromatic heterocycles. The number of furan rings is 1. The molecule has 0 aliphatic rings. The zero-order valence-corrected chi connectivity index (χ0v) is 11.6. The summed E-state index contributed by atoms with van der Waals surface area (Å²) in [6.45, 7) is 0.281. The van der Waals surface area contributed by atoms with E-state index in [1.54, 1.807) is 42.9 Å². The second kappa shape index (κ2) is 6.53. The number of pyridine rings is 1. The average molecular weight is 295 g/mol. The summed E-state index contributed by atoms with van der Waals surface area (Å²) in [5.41, 5.74) is 1.53. The molecule has 0 bridgehead atoms. The molecule has 0 atom stereocenters. The summed E-state index contributed by atoms with van der Waals surface area (Å²) in [5.74, 6) is 0.920. The fraction of sp³-hybridized carbons (Fsp3) is 0.0625. The number of carbonyl (C=O) groups is 1. The highest BCUT2D eigenvalue weighted by molar-refractivity contribution is 5.91. The highest BCUT2D eigenvalue weighted by Crippen LogP contribution is 2.20. The predicted molar refractivity (Wildman–Crippen MR) is 79.3 cm³/mol. The lowest BCUT2D eigenvalue weighted by molar-refractivity contribution is -0.116. The molecule has 0 saturated carbocycles. The van der Waals surface area contributed by atoms with Crippen molar-refractivity contribution in [1.29, 1.82) is 0 Å². The molecule has 0 aliphatic carbocycles. The Balaban J connectivity index is 1.54. The highest BCUT2D eigenvalue weighted by Gasteiger charge is 2.09. The lowest BCUT2D eigenvalue weighted by atomic mass is 10.2. The maximum absolute atomic E-state index is 11.7. The lowest BCUT2D eigenvalue weighted by Crippen LogP contribution is -2.20. The third-order valence-corrected chi connectivity index (χ3v) is 2.90. The van der Waals surface area contributed by atoms with Crippen LogP contribution in [0.5, 0.6) is 0 Å². The zero-order chi connectivity index (χ0) is 15.2. The van der Waals surface area contributed by atoms with Gasteiger partial charge in [-0.1, -0.05) is 5.16 Å². The van der Waals surface area contributed by atoms with Crippen LogP contribution in [0, 0.1) is 0 Å². The first-order valence-corrected chi connectivity index (χ1v) is 6.67. The van der Waals surface area contributed by atoms with E-state index in [0.717, 1.165) is 5.56 Å². The minimum Gasteiger partial charge on any atom is -0.461 e. The summed E-state index contributed by atoms with van der Waals surface area (Å²) in [4.78, 5) is 15.6. The molecule has 0 aromatic carbocycles. The van der Waals surface area contributed by atoms with Gasteiger partial charge in [0, 0.05) is 24.5 Å². The van der Waals surface area contributed by atoms with Gasteiger partial charge in [-0.3, -0.25) is 9.78 Å². The van der Waals surface area contributed by atoms with Crippen molar-refractivity contribution in [2.45, 2.75) is 6.54 Å². The van der Waals surface area contributed by atoms with Crippen LogP contribution in [-0.4, -0.2) is 16.0 Å². The number of amides is 1. The van der Waals surface area contributed by atoms with Crippen LogP contribution in [-0.2, 0) is 11.3 Å². The Morgan fingerprint density at radius 1 is 1.23 bits per heavy atom. The number of hydrogen-bond donors (Lipinski definition) is 1. The van der Waals surface area contributed by atoms with Crippen LogP contribution in [0.3, 0.4) is 0 Å². The van der Waals surface area contributed by atoms with Crippen LogP contribution in [0.1, 0.15) is 11.3 Å². The molecule has 1 amide bonds. The number of aromatic nitrogens is 2. The molecule has 6 heteroatoms. The van der Waals surface area contributed by atoms with Crippen molar-refractivity contribution >= 4 is 12.0 Å². The topological polar surface area (TPSA) is 81.2 Å². The van der Waals surface area contributed by atoms with Crippen molar-refractivity contribution in [3.05, 3.63) is 66.3 Å². The number of hydrogen-bond acceptors (Lipinski definition) is 5. The minimum atomic E-state index is -0.209. The molecule has 0 unspecified atom stereocenters. The smallest absolute Gasteiger partial charge is 0.244 e. The van der Waals surface area contributed by atoms with Crippen LogP contribution in [0.25, 0.3) is 17.6 Å².